The minimum atomic E-state index is -3.96. The number of sulfone groups is 1. The fourth-order valence-electron chi connectivity index (χ4n) is 3.53. The van der Waals surface area contributed by atoms with E-state index in [2.05, 4.69) is 17.1 Å². The van der Waals surface area contributed by atoms with Crippen molar-refractivity contribution in [3.05, 3.63) is 46.1 Å². The number of halogens is 1. The predicted molar refractivity (Wildman–Crippen MR) is 117 cm³/mol. The van der Waals surface area contributed by atoms with Gasteiger partial charge in [-0.2, -0.15) is 0 Å². The SMILES string of the molecule is CCCN1CCc2c(sc(NC(=O)CS(=O)(=O)c3ccc(F)cc3)c2C(=O)OCC)C1. The minimum Gasteiger partial charge on any atom is -0.462 e. The number of esters is 1. The van der Waals surface area contributed by atoms with Gasteiger partial charge in [-0.25, -0.2) is 17.6 Å². The molecule has 0 atom stereocenters. The fourth-order valence-corrected chi connectivity index (χ4v) is 5.96. The number of hydrogen-bond donors (Lipinski definition) is 1. The summed E-state index contributed by atoms with van der Waals surface area (Å²) in [5.41, 5.74) is 1.16. The normalized spacial score (nSPS) is 14.2. The first-order valence-corrected chi connectivity index (χ1v) is 12.5. The smallest absolute Gasteiger partial charge is 0.341 e. The topological polar surface area (TPSA) is 92.8 Å². The Labute approximate surface area is 185 Å². The van der Waals surface area contributed by atoms with E-state index in [0.717, 1.165) is 54.2 Å². The van der Waals surface area contributed by atoms with Gasteiger partial charge in [0.15, 0.2) is 9.84 Å². The second-order valence-corrected chi connectivity index (χ2v) is 10.3. The Morgan fingerprint density at radius 2 is 1.94 bits per heavy atom. The first kappa shape index (κ1) is 23.4. The van der Waals surface area contributed by atoms with Crippen molar-refractivity contribution in [1.29, 1.82) is 0 Å². The maximum Gasteiger partial charge on any atom is 0.341 e. The van der Waals surface area contributed by atoms with Crippen LogP contribution in [-0.4, -0.2) is 50.6 Å². The molecular formula is C21H25FN2O5S2. The zero-order chi connectivity index (χ0) is 22.6. The third-order valence-corrected chi connectivity index (χ3v) is 7.67. The lowest BCUT2D eigenvalue weighted by molar-refractivity contribution is -0.113. The lowest BCUT2D eigenvalue weighted by atomic mass is 10.0. The van der Waals surface area contributed by atoms with Crippen LogP contribution in [-0.2, 0) is 32.3 Å². The summed E-state index contributed by atoms with van der Waals surface area (Å²) in [4.78, 5) is 28.3. The van der Waals surface area contributed by atoms with Gasteiger partial charge in [0.25, 0.3) is 0 Å². The van der Waals surface area contributed by atoms with Crippen molar-refractivity contribution in [3.8, 4) is 0 Å². The van der Waals surface area contributed by atoms with Crippen LogP contribution in [0.4, 0.5) is 9.39 Å². The second kappa shape index (κ2) is 9.88. The van der Waals surface area contributed by atoms with E-state index in [1.54, 1.807) is 6.92 Å². The molecule has 1 aliphatic rings. The molecule has 0 radical (unpaired) electrons. The number of carbonyl (C=O) groups is 2. The maximum absolute atomic E-state index is 13.1. The van der Waals surface area contributed by atoms with E-state index < -0.39 is 33.3 Å². The van der Waals surface area contributed by atoms with Crippen LogP contribution in [0.5, 0.6) is 0 Å². The monoisotopic (exact) mass is 468 g/mol. The number of rotatable bonds is 8. The summed E-state index contributed by atoms with van der Waals surface area (Å²) < 4.78 is 43.2. The molecule has 7 nitrogen and oxygen atoms in total. The van der Waals surface area contributed by atoms with Crippen molar-refractivity contribution in [2.45, 2.75) is 38.1 Å². The average molecular weight is 469 g/mol. The molecule has 0 spiro atoms. The summed E-state index contributed by atoms with van der Waals surface area (Å²) in [6.45, 7) is 6.40. The van der Waals surface area contributed by atoms with Gasteiger partial charge in [0, 0.05) is 18.0 Å². The number of thiophene rings is 1. The molecule has 0 fully saturated rings. The highest BCUT2D eigenvalue weighted by Crippen LogP contribution is 2.37. The highest BCUT2D eigenvalue weighted by atomic mass is 32.2. The molecule has 2 heterocycles. The molecule has 0 saturated carbocycles. The van der Waals surface area contributed by atoms with Gasteiger partial charge in [-0.1, -0.05) is 6.92 Å². The number of anilines is 1. The molecule has 10 heteroatoms. The third-order valence-electron chi connectivity index (χ3n) is 4.90. The van der Waals surface area contributed by atoms with Crippen LogP contribution in [0.2, 0.25) is 0 Å². The third kappa shape index (κ3) is 5.50. The highest BCUT2D eigenvalue weighted by Gasteiger charge is 2.30. The Morgan fingerprint density at radius 1 is 1.23 bits per heavy atom. The largest absolute Gasteiger partial charge is 0.462 e. The molecule has 1 aromatic heterocycles. The van der Waals surface area contributed by atoms with Gasteiger partial charge in [-0.15, -0.1) is 11.3 Å². The van der Waals surface area contributed by atoms with Gasteiger partial charge in [-0.05, 0) is 56.1 Å². The van der Waals surface area contributed by atoms with Gasteiger partial charge in [-0.3, -0.25) is 9.69 Å². The summed E-state index contributed by atoms with van der Waals surface area (Å²) in [5, 5.41) is 2.90. The van der Waals surface area contributed by atoms with Crippen LogP contribution < -0.4 is 5.32 Å². The number of fused-ring (bicyclic) bond motifs is 1. The first-order chi connectivity index (χ1) is 14.7. The van der Waals surface area contributed by atoms with Gasteiger partial charge in [0.05, 0.1) is 17.1 Å². The molecule has 1 amide bonds. The zero-order valence-electron chi connectivity index (χ0n) is 17.4. The van der Waals surface area contributed by atoms with Crippen LogP contribution in [0.3, 0.4) is 0 Å². The number of nitrogens with zero attached hydrogens (tertiary/aromatic N) is 1. The van der Waals surface area contributed by atoms with Crippen LogP contribution in [0, 0.1) is 5.82 Å². The number of nitrogens with one attached hydrogen (secondary N) is 1. The Morgan fingerprint density at radius 3 is 2.58 bits per heavy atom. The molecule has 0 unspecified atom stereocenters. The Hall–Kier alpha value is -2.30. The van der Waals surface area contributed by atoms with E-state index in [-0.39, 0.29) is 11.5 Å². The lowest BCUT2D eigenvalue weighted by Crippen LogP contribution is -2.31. The summed E-state index contributed by atoms with van der Waals surface area (Å²) in [6.07, 6.45) is 1.67. The van der Waals surface area contributed by atoms with Gasteiger partial charge in [0.1, 0.15) is 16.6 Å². The Bertz CT molecular complexity index is 1060. The summed E-state index contributed by atoms with van der Waals surface area (Å²) in [6, 6.07) is 4.29. The van der Waals surface area contributed by atoms with Crippen molar-refractivity contribution < 1.29 is 27.1 Å². The molecule has 1 aromatic carbocycles. The quantitative estimate of drug-likeness (QED) is 0.472. The summed E-state index contributed by atoms with van der Waals surface area (Å²) in [5.74, 6) is -2.67. The second-order valence-electron chi connectivity index (χ2n) is 7.22. The van der Waals surface area contributed by atoms with Crippen molar-refractivity contribution in [2.24, 2.45) is 0 Å². The van der Waals surface area contributed by atoms with Crippen molar-refractivity contribution in [3.63, 3.8) is 0 Å². The molecular weight excluding hydrogens is 443 g/mol. The van der Waals surface area contributed by atoms with Crippen LogP contribution >= 0.6 is 11.3 Å². The van der Waals surface area contributed by atoms with Gasteiger partial charge >= 0.3 is 5.97 Å². The van der Waals surface area contributed by atoms with Crippen LogP contribution in [0.1, 0.15) is 41.1 Å². The van der Waals surface area contributed by atoms with Gasteiger partial charge < -0.3 is 10.1 Å². The molecule has 0 bridgehead atoms. The highest BCUT2D eigenvalue weighted by molar-refractivity contribution is 7.92. The summed E-state index contributed by atoms with van der Waals surface area (Å²) >= 11 is 1.28. The lowest BCUT2D eigenvalue weighted by Gasteiger charge is -2.26. The van der Waals surface area contributed by atoms with Crippen LogP contribution in [0.15, 0.2) is 29.2 Å². The van der Waals surface area contributed by atoms with Gasteiger partial charge in [0.2, 0.25) is 5.91 Å². The van der Waals surface area contributed by atoms with Crippen molar-refractivity contribution in [1.82, 2.24) is 4.90 Å². The minimum absolute atomic E-state index is 0.143. The van der Waals surface area contributed by atoms with E-state index in [4.69, 9.17) is 4.74 Å². The van der Waals surface area contributed by atoms with E-state index >= 15 is 0 Å². The van der Waals surface area contributed by atoms with Crippen LogP contribution in [0.25, 0.3) is 0 Å². The van der Waals surface area contributed by atoms with E-state index in [1.165, 1.54) is 11.3 Å². The van der Waals surface area contributed by atoms with E-state index in [0.29, 0.717) is 23.5 Å². The van der Waals surface area contributed by atoms with Crippen molar-refractivity contribution in [2.75, 3.05) is 30.8 Å². The number of ether oxygens (including phenoxy) is 1. The average Bonchev–Trinajstić information content (AvgIpc) is 3.05. The van der Waals surface area contributed by atoms with Crippen molar-refractivity contribution >= 4 is 38.1 Å². The maximum atomic E-state index is 13.1. The number of hydrogen-bond acceptors (Lipinski definition) is 7. The molecule has 0 saturated heterocycles. The number of amides is 1. The summed E-state index contributed by atoms with van der Waals surface area (Å²) in [7, 11) is -3.96. The fraction of sp³-hybridized carbons (Fsp3) is 0.429. The number of benzene rings is 1. The Kier molecular flexibility index (Phi) is 7.45. The molecule has 168 valence electrons. The molecule has 1 N–H and O–H groups in total. The molecule has 31 heavy (non-hydrogen) atoms. The zero-order valence-corrected chi connectivity index (χ0v) is 19.1. The standard InChI is InChI=1S/C21H25FN2O5S2/c1-3-10-24-11-9-16-17(12-24)30-20(19(16)21(26)29-4-2)23-18(25)13-31(27,28)15-7-5-14(22)6-8-15/h5-8H,3-4,9-13H2,1-2H3,(H,23,25). The molecule has 0 aliphatic carbocycles. The van der Waals surface area contributed by atoms with E-state index in [9.17, 15) is 22.4 Å². The predicted octanol–water partition coefficient (Wildman–Crippen LogP) is 3.24. The number of carbonyl (C=O) groups excluding carboxylic acids is 2. The molecule has 1 aliphatic heterocycles. The molecule has 3 rings (SSSR count). The first-order valence-electron chi connectivity index (χ1n) is 10.1. The van der Waals surface area contributed by atoms with E-state index in [1.807, 2.05) is 0 Å². The Balaban J connectivity index is 1.83. The molecule has 2 aromatic rings.